The molecule has 204 valence electrons. The molecule has 3 aromatic rings. The molecule has 2 aliphatic rings. The summed E-state index contributed by atoms with van der Waals surface area (Å²) in [4.78, 5) is 2.95. The first-order chi connectivity index (χ1) is 18.3. The number of hydrogen-bond acceptors (Lipinski definition) is 4. The van der Waals surface area contributed by atoms with Crippen LogP contribution in [0, 0.1) is 0 Å². The summed E-state index contributed by atoms with van der Waals surface area (Å²) >= 11 is 9.60. The van der Waals surface area contributed by atoms with E-state index in [2.05, 4.69) is 45.4 Å². The van der Waals surface area contributed by atoms with Crippen LogP contribution in [0.4, 0.5) is 0 Å². The zero-order valence-electron chi connectivity index (χ0n) is 22.2. The van der Waals surface area contributed by atoms with Gasteiger partial charge in [0.15, 0.2) is 9.84 Å². The third-order valence-electron chi connectivity index (χ3n) is 8.72. The summed E-state index contributed by atoms with van der Waals surface area (Å²) in [5.41, 5.74) is 3.40. The lowest BCUT2D eigenvalue weighted by molar-refractivity contribution is 0.0963. The first-order valence-corrected chi connectivity index (χ1v) is 16.5. The Balaban J connectivity index is 1.33. The van der Waals surface area contributed by atoms with Crippen LogP contribution in [0.1, 0.15) is 75.4 Å². The molecule has 0 radical (unpaired) electrons. The van der Waals surface area contributed by atoms with Gasteiger partial charge in [0.05, 0.1) is 16.6 Å². The number of aryl methyl sites for hydroxylation is 2. The highest BCUT2D eigenvalue weighted by atomic mass is 79.9. The predicted molar refractivity (Wildman–Crippen MR) is 158 cm³/mol. The van der Waals surface area contributed by atoms with Crippen LogP contribution in [-0.2, 0) is 27.4 Å². The summed E-state index contributed by atoms with van der Waals surface area (Å²) in [7, 11) is -3.62. The van der Waals surface area contributed by atoms with Gasteiger partial charge in [0.1, 0.15) is 4.75 Å². The lowest BCUT2D eigenvalue weighted by Crippen LogP contribution is -2.48. The monoisotopic (exact) mass is 617 g/mol. The van der Waals surface area contributed by atoms with Crippen LogP contribution in [0.3, 0.4) is 0 Å². The highest BCUT2D eigenvalue weighted by molar-refractivity contribution is 9.10. The second-order valence-corrected chi connectivity index (χ2v) is 14.3. The Kier molecular flexibility index (Phi) is 8.39. The quantitative estimate of drug-likeness (QED) is 0.277. The van der Waals surface area contributed by atoms with Gasteiger partial charge in [0.2, 0.25) is 0 Å². The highest BCUT2D eigenvalue weighted by Crippen LogP contribution is 2.48. The summed E-state index contributed by atoms with van der Waals surface area (Å²) in [6, 6.07) is 17.6. The van der Waals surface area contributed by atoms with Gasteiger partial charge in [0.25, 0.3) is 0 Å². The third-order valence-corrected chi connectivity index (χ3v) is 12.1. The average Bonchev–Trinajstić information content (AvgIpc) is 3.37. The van der Waals surface area contributed by atoms with Crippen molar-refractivity contribution < 1.29 is 8.42 Å². The van der Waals surface area contributed by atoms with Crippen molar-refractivity contribution in [3.63, 3.8) is 0 Å². The van der Waals surface area contributed by atoms with Crippen molar-refractivity contribution in [3.8, 4) is 0 Å². The molecule has 8 heteroatoms. The van der Waals surface area contributed by atoms with Crippen molar-refractivity contribution in [2.75, 3.05) is 13.1 Å². The zero-order valence-corrected chi connectivity index (χ0v) is 25.4. The van der Waals surface area contributed by atoms with Crippen LogP contribution in [0.25, 0.3) is 0 Å². The molecule has 0 N–H and O–H groups in total. The topological polar surface area (TPSA) is 55.2 Å². The van der Waals surface area contributed by atoms with Crippen LogP contribution >= 0.6 is 27.5 Å². The Morgan fingerprint density at radius 3 is 2.13 bits per heavy atom. The van der Waals surface area contributed by atoms with Crippen molar-refractivity contribution in [3.05, 3.63) is 81.0 Å². The lowest BCUT2D eigenvalue weighted by atomic mass is 9.80. The lowest BCUT2D eigenvalue weighted by Gasteiger charge is -2.45. The largest absolute Gasteiger partial charge is 0.300 e. The van der Waals surface area contributed by atoms with E-state index >= 15 is 0 Å². The maximum atomic E-state index is 14.2. The van der Waals surface area contributed by atoms with Crippen molar-refractivity contribution in [2.45, 2.75) is 86.9 Å². The second-order valence-electron chi connectivity index (χ2n) is 10.7. The molecule has 1 aromatic heterocycles. The van der Waals surface area contributed by atoms with E-state index in [1.54, 1.807) is 24.3 Å². The number of benzene rings is 2. The van der Waals surface area contributed by atoms with Gasteiger partial charge in [0, 0.05) is 34.3 Å². The Labute approximate surface area is 240 Å². The van der Waals surface area contributed by atoms with Crippen molar-refractivity contribution >= 4 is 37.4 Å². The van der Waals surface area contributed by atoms with Gasteiger partial charge in [-0.05, 0) is 99.4 Å². The van der Waals surface area contributed by atoms with E-state index in [-0.39, 0.29) is 0 Å². The van der Waals surface area contributed by atoms with E-state index < -0.39 is 14.6 Å². The number of halogens is 2. The fraction of sp³-hybridized carbons (Fsp3) is 0.500. The molecule has 0 spiro atoms. The number of aromatic nitrogens is 2. The molecule has 1 aliphatic heterocycles. The Morgan fingerprint density at radius 2 is 1.55 bits per heavy atom. The van der Waals surface area contributed by atoms with Gasteiger partial charge in [-0.15, -0.1) is 0 Å². The molecule has 0 amide bonds. The number of sulfone groups is 1. The summed E-state index contributed by atoms with van der Waals surface area (Å²) < 4.78 is 30.7. The second kappa shape index (κ2) is 11.4. The SMILES string of the molecule is CCc1cc(CC)n(C2CCN(C3CCC(c4ccc(Br)cc4)(S(=O)(=O)c4ccc(Cl)cc4)CC3)CC2)n1. The van der Waals surface area contributed by atoms with E-state index in [1.165, 1.54) is 11.4 Å². The summed E-state index contributed by atoms with van der Waals surface area (Å²) in [5, 5.41) is 5.44. The first kappa shape index (κ1) is 27.9. The molecule has 0 unspecified atom stereocenters. The van der Waals surface area contributed by atoms with Crippen molar-refractivity contribution in [1.82, 2.24) is 14.7 Å². The number of piperidine rings is 1. The molecule has 5 rings (SSSR count). The molecule has 2 heterocycles. The number of nitrogens with zero attached hydrogens (tertiary/aromatic N) is 3. The molecule has 0 atom stereocenters. The molecular weight excluding hydrogens is 582 g/mol. The summed E-state index contributed by atoms with van der Waals surface area (Å²) in [6.07, 6.45) is 7.14. The third kappa shape index (κ3) is 5.24. The van der Waals surface area contributed by atoms with Gasteiger partial charge < -0.3 is 4.90 Å². The van der Waals surface area contributed by atoms with Gasteiger partial charge in [-0.1, -0.05) is 53.5 Å². The average molecular weight is 619 g/mol. The first-order valence-electron chi connectivity index (χ1n) is 13.8. The standard InChI is InChI=1S/C30H37BrClN3O2S/c1-3-25-21-26(4-2)35(33-25)28-15-19-34(20-16-28)27-13-17-30(18-14-27,22-5-7-23(31)8-6-22)38(36,37)29-11-9-24(32)10-12-29/h5-12,21,27-28H,3-4,13-20H2,1-2H3. The van der Waals surface area contributed by atoms with Crippen molar-refractivity contribution in [1.29, 1.82) is 0 Å². The molecule has 5 nitrogen and oxygen atoms in total. The zero-order chi connectivity index (χ0) is 26.9. The smallest absolute Gasteiger partial charge is 0.188 e. The number of rotatable bonds is 7. The molecule has 1 aliphatic carbocycles. The van der Waals surface area contributed by atoms with E-state index in [4.69, 9.17) is 16.7 Å². The Morgan fingerprint density at radius 1 is 0.921 bits per heavy atom. The normalized spacial score (nSPS) is 23.5. The fourth-order valence-electron chi connectivity index (χ4n) is 6.48. The van der Waals surface area contributed by atoms with Crippen LogP contribution in [0.15, 0.2) is 64.0 Å². The molecule has 2 aromatic carbocycles. The molecular formula is C30H37BrClN3O2S. The van der Waals surface area contributed by atoms with Crippen LogP contribution in [-0.4, -0.2) is 42.2 Å². The predicted octanol–water partition coefficient (Wildman–Crippen LogP) is 7.37. The Bertz CT molecular complexity index is 1340. The van der Waals surface area contributed by atoms with Gasteiger partial charge >= 0.3 is 0 Å². The highest BCUT2D eigenvalue weighted by Gasteiger charge is 2.49. The number of likely N-dealkylation sites (tertiary alicyclic amines) is 1. The van der Waals surface area contributed by atoms with Crippen LogP contribution in [0.5, 0.6) is 0 Å². The maximum Gasteiger partial charge on any atom is 0.188 e. The maximum absolute atomic E-state index is 14.2. The van der Waals surface area contributed by atoms with E-state index in [9.17, 15) is 8.42 Å². The van der Waals surface area contributed by atoms with Gasteiger partial charge in [-0.25, -0.2) is 8.42 Å². The minimum absolute atomic E-state index is 0.349. The summed E-state index contributed by atoms with van der Waals surface area (Å²) in [6.45, 7) is 6.45. The number of hydrogen-bond donors (Lipinski definition) is 0. The Hall–Kier alpha value is -1.67. The molecule has 1 saturated heterocycles. The van der Waals surface area contributed by atoms with Crippen molar-refractivity contribution in [2.24, 2.45) is 0 Å². The van der Waals surface area contributed by atoms with E-state index in [0.717, 1.165) is 61.7 Å². The van der Waals surface area contributed by atoms with Gasteiger partial charge in [-0.2, -0.15) is 5.10 Å². The van der Waals surface area contributed by atoms with Gasteiger partial charge in [-0.3, -0.25) is 4.68 Å². The van der Waals surface area contributed by atoms with Crippen LogP contribution in [0.2, 0.25) is 5.02 Å². The minimum atomic E-state index is -3.62. The molecule has 38 heavy (non-hydrogen) atoms. The summed E-state index contributed by atoms with van der Waals surface area (Å²) in [5.74, 6) is 0. The fourth-order valence-corrected chi connectivity index (χ4v) is 9.03. The molecule has 0 bridgehead atoms. The minimum Gasteiger partial charge on any atom is -0.300 e. The molecule has 1 saturated carbocycles. The van der Waals surface area contributed by atoms with E-state index in [0.29, 0.717) is 34.8 Å². The molecule has 2 fully saturated rings. The van der Waals surface area contributed by atoms with Crippen LogP contribution < -0.4 is 0 Å². The van der Waals surface area contributed by atoms with E-state index in [1.807, 2.05) is 24.3 Å².